The first-order valence-electron chi connectivity index (χ1n) is 11.5. The van der Waals surface area contributed by atoms with Crippen molar-refractivity contribution in [1.29, 1.82) is 0 Å². The zero-order valence-electron chi connectivity index (χ0n) is 19.2. The van der Waals surface area contributed by atoms with E-state index in [0.717, 1.165) is 76.7 Å². The number of piperazine rings is 1. The van der Waals surface area contributed by atoms with Crippen LogP contribution in [0.15, 0.2) is 42.7 Å². The maximum absolute atomic E-state index is 13.1. The van der Waals surface area contributed by atoms with E-state index in [2.05, 4.69) is 37.9 Å². The molecule has 3 heterocycles. The smallest absolute Gasteiger partial charge is 0.225 e. The summed E-state index contributed by atoms with van der Waals surface area (Å²) in [5.41, 5.74) is 2.49. The molecular weight excluding hydrogens is 404 g/mol. The number of carbonyl (C=O) groups is 1. The maximum atomic E-state index is 13.1. The monoisotopic (exact) mass is 438 g/mol. The van der Waals surface area contributed by atoms with Gasteiger partial charge in [-0.2, -0.15) is 0 Å². The van der Waals surface area contributed by atoms with Crippen molar-refractivity contribution in [2.75, 3.05) is 53.5 Å². The Kier molecular flexibility index (Phi) is 7.60. The van der Waals surface area contributed by atoms with Gasteiger partial charge in [0.15, 0.2) is 11.5 Å². The topological polar surface area (TPSA) is 58.1 Å². The normalized spacial score (nSPS) is 18.5. The van der Waals surface area contributed by atoms with Gasteiger partial charge in [0.05, 0.1) is 14.2 Å². The Balaban J connectivity index is 1.22. The molecule has 1 amide bonds. The number of pyridine rings is 1. The SMILES string of the molecule is COc1ccc(CN2CCN(C(=O)C3CCN(Cc4ccncc4)CC3)CC2)cc1OC. The second kappa shape index (κ2) is 10.8. The fourth-order valence-electron chi connectivity index (χ4n) is 4.71. The highest BCUT2D eigenvalue weighted by atomic mass is 16.5. The molecule has 0 spiro atoms. The summed E-state index contributed by atoms with van der Waals surface area (Å²) < 4.78 is 10.7. The van der Waals surface area contributed by atoms with Crippen molar-refractivity contribution >= 4 is 5.91 Å². The van der Waals surface area contributed by atoms with Gasteiger partial charge in [-0.3, -0.25) is 19.6 Å². The van der Waals surface area contributed by atoms with Crippen LogP contribution in [-0.4, -0.2) is 79.1 Å². The van der Waals surface area contributed by atoms with E-state index < -0.39 is 0 Å². The fraction of sp³-hybridized carbons (Fsp3) is 0.520. The Hall–Kier alpha value is -2.64. The quantitative estimate of drug-likeness (QED) is 0.663. The first kappa shape index (κ1) is 22.6. The molecule has 0 saturated carbocycles. The van der Waals surface area contributed by atoms with Crippen LogP contribution in [0.4, 0.5) is 0 Å². The lowest BCUT2D eigenvalue weighted by molar-refractivity contribution is -0.139. The van der Waals surface area contributed by atoms with Crippen molar-refractivity contribution < 1.29 is 14.3 Å². The predicted octanol–water partition coefficient (Wildman–Crippen LogP) is 2.66. The molecule has 0 atom stereocenters. The molecular formula is C25H34N4O3. The van der Waals surface area contributed by atoms with Crippen LogP contribution in [0, 0.1) is 5.92 Å². The molecule has 4 rings (SSSR count). The molecule has 2 aromatic rings. The number of rotatable bonds is 7. The van der Waals surface area contributed by atoms with Crippen molar-refractivity contribution in [3.8, 4) is 11.5 Å². The molecule has 2 aliphatic rings. The maximum Gasteiger partial charge on any atom is 0.225 e. The second-order valence-corrected chi connectivity index (χ2v) is 8.70. The van der Waals surface area contributed by atoms with Gasteiger partial charge < -0.3 is 14.4 Å². The highest BCUT2D eigenvalue weighted by molar-refractivity contribution is 5.79. The number of hydrogen-bond donors (Lipinski definition) is 0. The van der Waals surface area contributed by atoms with Gasteiger partial charge in [0.1, 0.15) is 0 Å². The van der Waals surface area contributed by atoms with E-state index in [9.17, 15) is 4.79 Å². The highest BCUT2D eigenvalue weighted by Gasteiger charge is 2.30. The minimum Gasteiger partial charge on any atom is -0.493 e. The van der Waals surface area contributed by atoms with Gasteiger partial charge >= 0.3 is 0 Å². The van der Waals surface area contributed by atoms with E-state index in [1.807, 2.05) is 24.5 Å². The lowest BCUT2D eigenvalue weighted by Crippen LogP contribution is -2.51. The third kappa shape index (κ3) is 5.58. The van der Waals surface area contributed by atoms with Crippen LogP contribution in [0.5, 0.6) is 11.5 Å². The minimum atomic E-state index is 0.168. The molecule has 2 aliphatic heterocycles. The predicted molar refractivity (Wildman–Crippen MR) is 124 cm³/mol. The molecule has 0 bridgehead atoms. The van der Waals surface area contributed by atoms with Crippen LogP contribution < -0.4 is 9.47 Å². The van der Waals surface area contributed by atoms with Crippen molar-refractivity contribution in [3.63, 3.8) is 0 Å². The third-order valence-electron chi connectivity index (χ3n) is 6.63. The Morgan fingerprint density at radius 2 is 1.47 bits per heavy atom. The Bertz CT molecular complexity index is 876. The number of nitrogens with zero attached hydrogens (tertiary/aromatic N) is 4. The van der Waals surface area contributed by atoms with Gasteiger partial charge in [-0.15, -0.1) is 0 Å². The average Bonchev–Trinajstić information content (AvgIpc) is 2.85. The van der Waals surface area contributed by atoms with Gasteiger partial charge in [0.2, 0.25) is 5.91 Å². The summed E-state index contributed by atoms with van der Waals surface area (Å²) in [5.74, 6) is 2.02. The molecule has 2 saturated heterocycles. The largest absolute Gasteiger partial charge is 0.493 e. The summed E-state index contributed by atoms with van der Waals surface area (Å²) in [6.07, 6.45) is 5.60. The second-order valence-electron chi connectivity index (χ2n) is 8.70. The van der Waals surface area contributed by atoms with Gasteiger partial charge in [-0.25, -0.2) is 0 Å². The van der Waals surface area contributed by atoms with Crippen LogP contribution in [0.3, 0.4) is 0 Å². The molecule has 7 heteroatoms. The molecule has 0 aliphatic carbocycles. The zero-order chi connectivity index (χ0) is 22.3. The van der Waals surface area contributed by atoms with Crippen LogP contribution in [-0.2, 0) is 17.9 Å². The van der Waals surface area contributed by atoms with Gasteiger partial charge in [0, 0.05) is 57.6 Å². The van der Waals surface area contributed by atoms with Crippen LogP contribution in [0.1, 0.15) is 24.0 Å². The van der Waals surface area contributed by atoms with Crippen LogP contribution >= 0.6 is 0 Å². The number of carbonyl (C=O) groups excluding carboxylic acids is 1. The first-order chi connectivity index (χ1) is 15.7. The Morgan fingerprint density at radius 1 is 0.844 bits per heavy atom. The molecule has 32 heavy (non-hydrogen) atoms. The Labute approximate surface area is 190 Å². The van der Waals surface area contributed by atoms with Crippen LogP contribution in [0.2, 0.25) is 0 Å². The van der Waals surface area contributed by atoms with Crippen molar-refractivity contribution in [2.24, 2.45) is 5.92 Å². The summed E-state index contributed by atoms with van der Waals surface area (Å²) >= 11 is 0. The van der Waals surface area contributed by atoms with E-state index >= 15 is 0 Å². The number of benzene rings is 1. The standard InChI is InChI=1S/C25H34N4O3/c1-31-23-4-3-21(17-24(23)32-2)19-28-13-15-29(16-14-28)25(30)22-7-11-27(12-8-22)18-20-5-9-26-10-6-20/h3-6,9-10,17,22H,7-8,11-16,18-19H2,1-2H3. The van der Waals surface area contributed by atoms with E-state index in [1.54, 1.807) is 14.2 Å². The highest BCUT2D eigenvalue weighted by Crippen LogP contribution is 2.28. The summed E-state index contributed by atoms with van der Waals surface area (Å²) in [4.78, 5) is 24.1. The number of likely N-dealkylation sites (tertiary alicyclic amines) is 1. The lowest BCUT2D eigenvalue weighted by Gasteiger charge is -2.38. The molecule has 0 N–H and O–H groups in total. The summed E-state index contributed by atoms with van der Waals surface area (Å²) in [6.45, 7) is 7.19. The molecule has 2 fully saturated rings. The summed E-state index contributed by atoms with van der Waals surface area (Å²) in [7, 11) is 3.31. The molecule has 1 aromatic carbocycles. The van der Waals surface area contributed by atoms with Gasteiger partial charge in [-0.05, 0) is 61.3 Å². The number of ether oxygens (including phenoxy) is 2. The summed E-state index contributed by atoms with van der Waals surface area (Å²) in [6, 6.07) is 10.2. The van der Waals surface area contributed by atoms with E-state index in [4.69, 9.17) is 9.47 Å². The van der Waals surface area contributed by atoms with E-state index in [-0.39, 0.29) is 5.92 Å². The van der Waals surface area contributed by atoms with Crippen molar-refractivity contribution in [3.05, 3.63) is 53.9 Å². The van der Waals surface area contributed by atoms with Crippen LogP contribution in [0.25, 0.3) is 0 Å². The zero-order valence-corrected chi connectivity index (χ0v) is 19.2. The Morgan fingerprint density at radius 3 is 2.12 bits per heavy atom. The fourth-order valence-corrected chi connectivity index (χ4v) is 4.71. The van der Waals surface area contributed by atoms with Crippen molar-refractivity contribution in [1.82, 2.24) is 19.7 Å². The molecule has 172 valence electrons. The minimum absolute atomic E-state index is 0.168. The van der Waals surface area contributed by atoms with E-state index in [1.165, 1.54) is 11.1 Å². The molecule has 0 unspecified atom stereocenters. The number of piperidine rings is 1. The van der Waals surface area contributed by atoms with E-state index in [0.29, 0.717) is 5.91 Å². The number of amides is 1. The number of methoxy groups -OCH3 is 2. The number of aromatic nitrogens is 1. The van der Waals surface area contributed by atoms with Crippen molar-refractivity contribution in [2.45, 2.75) is 25.9 Å². The van der Waals surface area contributed by atoms with Gasteiger partial charge in [-0.1, -0.05) is 6.07 Å². The average molecular weight is 439 g/mol. The molecule has 0 radical (unpaired) electrons. The first-order valence-corrected chi connectivity index (χ1v) is 11.5. The molecule has 1 aromatic heterocycles. The molecule has 7 nitrogen and oxygen atoms in total. The lowest BCUT2D eigenvalue weighted by atomic mass is 9.94. The number of hydrogen-bond acceptors (Lipinski definition) is 6. The van der Waals surface area contributed by atoms with Gasteiger partial charge in [0.25, 0.3) is 0 Å². The summed E-state index contributed by atoms with van der Waals surface area (Å²) in [5, 5.41) is 0. The third-order valence-corrected chi connectivity index (χ3v) is 6.63.